The van der Waals surface area contributed by atoms with E-state index in [2.05, 4.69) is 6.58 Å². The first-order chi connectivity index (χ1) is 4.46. The van der Waals surface area contributed by atoms with Crippen LogP contribution in [0.2, 0.25) is 0 Å². The van der Waals surface area contributed by atoms with Crippen molar-refractivity contribution in [3.8, 4) is 0 Å². The van der Waals surface area contributed by atoms with Crippen molar-refractivity contribution in [3.05, 3.63) is 12.3 Å². The van der Waals surface area contributed by atoms with Crippen molar-refractivity contribution >= 4 is 14.8 Å². The van der Waals surface area contributed by atoms with E-state index in [0.29, 0.717) is 0 Å². The van der Waals surface area contributed by atoms with E-state index in [0.717, 1.165) is 0 Å². The van der Waals surface area contributed by atoms with Gasteiger partial charge in [0.2, 0.25) is 0 Å². The first kappa shape index (κ1) is 9.60. The Hall–Kier alpha value is -0.400. The minimum atomic E-state index is -1.15. The van der Waals surface area contributed by atoms with Crippen LogP contribution in [0.3, 0.4) is 0 Å². The van der Waals surface area contributed by atoms with E-state index in [-0.39, 0.29) is 11.3 Å². The Kier molecular flexibility index (Phi) is 3.54. The number of carbonyl (C=O) groups is 1. The Morgan fingerprint density at radius 1 is 1.70 bits per heavy atom. The zero-order chi connectivity index (χ0) is 8.31. The highest BCUT2D eigenvalue weighted by molar-refractivity contribution is 7.40. The van der Waals surface area contributed by atoms with Gasteiger partial charge >= 0.3 is 0 Å². The molecule has 0 aliphatic heterocycles. The molecule has 0 saturated heterocycles. The zero-order valence-corrected chi connectivity index (χ0v) is 6.90. The van der Waals surface area contributed by atoms with Gasteiger partial charge in [-0.05, 0) is 0 Å². The minimum Gasteiger partial charge on any atom is -0.510 e. The summed E-state index contributed by atoms with van der Waals surface area (Å²) in [5.41, 5.74) is -0.247. The molecule has 0 aliphatic carbocycles. The first-order valence-corrected chi connectivity index (χ1v) is 3.39. The molecule has 0 fully saturated rings. The average molecular weight is 162 g/mol. The van der Waals surface area contributed by atoms with Gasteiger partial charge in [0.05, 0.1) is 5.92 Å². The van der Waals surface area contributed by atoms with E-state index in [4.69, 9.17) is 10.2 Å². The van der Waals surface area contributed by atoms with Crippen molar-refractivity contribution in [1.82, 2.24) is 0 Å². The van der Waals surface area contributed by atoms with Crippen molar-refractivity contribution in [1.29, 1.82) is 0 Å². The van der Waals surface area contributed by atoms with Crippen LogP contribution >= 0.6 is 9.24 Å². The molecule has 0 heterocycles. The Labute approximate surface area is 62.0 Å². The molecule has 0 aromatic carbocycles. The van der Waals surface area contributed by atoms with Crippen LogP contribution < -0.4 is 0 Å². The maximum absolute atomic E-state index is 10.5. The first-order valence-electron chi connectivity index (χ1n) is 2.82. The van der Waals surface area contributed by atoms with Gasteiger partial charge in [-0.15, -0.1) is 0 Å². The second-order valence-electron chi connectivity index (χ2n) is 2.13. The lowest BCUT2D eigenvalue weighted by atomic mass is 10.1. The van der Waals surface area contributed by atoms with Crippen molar-refractivity contribution in [2.45, 2.75) is 13.0 Å². The van der Waals surface area contributed by atoms with Gasteiger partial charge in [-0.2, -0.15) is 0 Å². The summed E-state index contributed by atoms with van der Waals surface area (Å²) in [6.45, 7) is 4.62. The third-order valence-electron chi connectivity index (χ3n) is 1.26. The van der Waals surface area contributed by atoms with Crippen molar-refractivity contribution in [2.75, 3.05) is 0 Å². The SMILES string of the molecule is C=C(O)[C@H](O)[C@@H](C)C(=O)P. The number of aliphatic hydroxyl groups excluding tert-OH is 2. The summed E-state index contributed by atoms with van der Waals surface area (Å²) in [6, 6.07) is 0. The lowest BCUT2D eigenvalue weighted by Crippen LogP contribution is -2.23. The summed E-state index contributed by atoms with van der Waals surface area (Å²) >= 11 is 0. The van der Waals surface area contributed by atoms with Crippen molar-refractivity contribution < 1.29 is 15.0 Å². The summed E-state index contributed by atoms with van der Waals surface area (Å²) in [5.74, 6) is -0.981. The fourth-order valence-electron chi connectivity index (χ4n) is 0.444. The summed E-state index contributed by atoms with van der Waals surface area (Å²) < 4.78 is 0. The summed E-state index contributed by atoms with van der Waals surface area (Å²) in [6.07, 6.45) is -1.15. The van der Waals surface area contributed by atoms with Crippen LogP contribution in [0.5, 0.6) is 0 Å². The number of rotatable bonds is 3. The van der Waals surface area contributed by atoms with Gasteiger partial charge in [0.1, 0.15) is 11.9 Å². The number of hydrogen-bond donors (Lipinski definition) is 2. The molecular formula is C6H11O3P. The second kappa shape index (κ2) is 3.69. The molecule has 10 heavy (non-hydrogen) atoms. The van der Waals surface area contributed by atoms with Crippen molar-refractivity contribution in [2.24, 2.45) is 5.92 Å². The normalized spacial score (nSPS) is 15.9. The van der Waals surface area contributed by atoms with Crippen LogP contribution in [0.25, 0.3) is 0 Å². The predicted octanol–water partition coefficient (Wildman–Crippen LogP) is 0.457. The molecule has 0 aromatic rings. The second-order valence-corrected chi connectivity index (χ2v) is 2.70. The zero-order valence-electron chi connectivity index (χ0n) is 5.74. The molecule has 3 atom stereocenters. The van der Waals surface area contributed by atoms with Crippen LogP contribution in [-0.4, -0.2) is 21.8 Å². The van der Waals surface area contributed by atoms with E-state index in [1.54, 1.807) is 0 Å². The lowest BCUT2D eigenvalue weighted by molar-refractivity contribution is -0.116. The number of hydrogen-bond acceptors (Lipinski definition) is 3. The van der Waals surface area contributed by atoms with Gasteiger partial charge in [-0.3, -0.25) is 4.79 Å². The Morgan fingerprint density at radius 3 is 2.20 bits per heavy atom. The van der Waals surface area contributed by atoms with Gasteiger partial charge in [0.15, 0.2) is 5.52 Å². The van der Waals surface area contributed by atoms with E-state index < -0.39 is 12.0 Å². The van der Waals surface area contributed by atoms with Gasteiger partial charge in [0, 0.05) is 0 Å². The third kappa shape index (κ3) is 2.46. The smallest absolute Gasteiger partial charge is 0.154 e. The van der Waals surface area contributed by atoms with Crippen LogP contribution in [0, 0.1) is 5.92 Å². The largest absolute Gasteiger partial charge is 0.510 e. The Bertz CT molecular complexity index is 137. The van der Waals surface area contributed by atoms with Crippen LogP contribution in [0.1, 0.15) is 6.92 Å². The van der Waals surface area contributed by atoms with Gasteiger partial charge in [0.25, 0.3) is 0 Å². The van der Waals surface area contributed by atoms with Crippen molar-refractivity contribution in [3.63, 3.8) is 0 Å². The number of carbonyl (C=O) groups excluding carboxylic acids is 1. The molecule has 0 radical (unpaired) electrons. The maximum atomic E-state index is 10.5. The fourth-order valence-corrected chi connectivity index (χ4v) is 0.626. The van der Waals surface area contributed by atoms with Crippen LogP contribution in [-0.2, 0) is 4.79 Å². The van der Waals surface area contributed by atoms with E-state index in [1.165, 1.54) is 6.92 Å². The summed E-state index contributed by atoms with van der Waals surface area (Å²) in [5, 5.41) is 17.6. The predicted molar refractivity (Wildman–Crippen MR) is 41.7 cm³/mol. The fraction of sp³-hybridized carbons (Fsp3) is 0.500. The molecule has 0 bridgehead atoms. The molecule has 1 unspecified atom stereocenters. The standard InChI is InChI=1S/C6H11O3P/c1-3(6(9)10)5(8)4(2)7/h3,5,7-8H,2,10H2,1H3/t3-,5-/m1/s1. The molecule has 0 rings (SSSR count). The molecule has 4 heteroatoms. The molecule has 2 N–H and O–H groups in total. The van der Waals surface area contributed by atoms with E-state index >= 15 is 0 Å². The molecular weight excluding hydrogens is 151 g/mol. The molecule has 0 aliphatic rings. The molecule has 0 amide bonds. The van der Waals surface area contributed by atoms with Gasteiger partial charge < -0.3 is 10.2 Å². The molecule has 3 nitrogen and oxygen atoms in total. The lowest BCUT2D eigenvalue weighted by Gasteiger charge is -2.13. The third-order valence-corrected chi connectivity index (χ3v) is 1.79. The highest BCUT2D eigenvalue weighted by Crippen LogP contribution is 2.12. The minimum absolute atomic E-state index is 0.247. The molecule has 58 valence electrons. The monoisotopic (exact) mass is 162 g/mol. The highest BCUT2D eigenvalue weighted by Gasteiger charge is 2.20. The Balaban J connectivity index is 4.07. The molecule has 0 spiro atoms. The quantitative estimate of drug-likeness (QED) is 0.468. The number of aliphatic hydroxyl groups is 2. The van der Waals surface area contributed by atoms with Gasteiger partial charge in [-0.1, -0.05) is 22.7 Å². The summed E-state index contributed by atoms with van der Waals surface area (Å²) in [7, 11) is 1.94. The molecule has 0 aromatic heterocycles. The van der Waals surface area contributed by atoms with Crippen LogP contribution in [0.15, 0.2) is 12.3 Å². The highest BCUT2D eigenvalue weighted by atomic mass is 31.0. The Morgan fingerprint density at radius 2 is 2.10 bits per heavy atom. The van der Waals surface area contributed by atoms with E-state index in [9.17, 15) is 4.79 Å². The van der Waals surface area contributed by atoms with Crippen LogP contribution in [0.4, 0.5) is 0 Å². The topological polar surface area (TPSA) is 57.5 Å². The molecule has 0 saturated carbocycles. The maximum Gasteiger partial charge on any atom is 0.154 e. The van der Waals surface area contributed by atoms with E-state index in [1.807, 2.05) is 9.24 Å². The average Bonchev–Trinajstić information content (AvgIpc) is 1.84. The van der Waals surface area contributed by atoms with Gasteiger partial charge in [-0.25, -0.2) is 0 Å². The summed E-state index contributed by atoms with van der Waals surface area (Å²) in [4.78, 5) is 10.5.